The minimum Gasteiger partial charge on any atom is -0.497 e. The van der Waals surface area contributed by atoms with Crippen molar-refractivity contribution in [2.75, 3.05) is 26.7 Å². The molecule has 0 atom stereocenters. The van der Waals surface area contributed by atoms with Crippen molar-refractivity contribution >= 4 is 35.8 Å². The summed E-state index contributed by atoms with van der Waals surface area (Å²) in [6.07, 6.45) is -5.21. The molecule has 0 unspecified atom stereocenters. The first kappa shape index (κ1) is 24.3. The highest BCUT2D eigenvalue weighted by molar-refractivity contribution is 14.0. The largest absolute Gasteiger partial charge is 0.497 e. The molecule has 0 radical (unpaired) electrons. The standard InChI is InChI=1S/C16H23F3N4O2.HI/c1-3-20-15(21-9-8-16(17,18)19)23-11-14(24)22-10-12-4-6-13(25-2)7-5-12;/h4-7H,3,8-11H2,1-2H3,(H,22,24)(H2,20,21,23);1H. The van der Waals surface area contributed by atoms with Gasteiger partial charge in [-0.3, -0.25) is 4.79 Å². The van der Waals surface area contributed by atoms with Crippen molar-refractivity contribution in [3.05, 3.63) is 29.8 Å². The Hall–Kier alpha value is -1.72. The van der Waals surface area contributed by atoms with Gasteiger partial charge in [-0.05, 0) is 24.6 Å². The van der Waals surface area contributed by atoms with Gasteiger partial charge in [-0.2, -0.15) is 13.2 Å². The number of carbonyl (C=O) groups excluding carboxylic acids is 1. The lowest BCUT2D eigenvalue weighted by atomic mass is 10.2. The molecule has 10 heteroatoms. The molecule has 0 aromatic heterocycles. The lowest BCUT2D eigenvalue weighted by Gasteiger charge is -2.12. The molecule has 1 aromatic carbocycles. The number of methoxy groups -OCH3 is 1. The molecule has 6 nitrogen and oxygen atoms in total. The molecular formula is C16H24F3IN4O2. The van der Waals surface area contributed by atoms with E-state index >= 15 is 0 Å². The van der Waals surface area contributed by atoms with Crippen LogP contribution in [-0.2, 0) is 11.3 Å². The van der Waals surface area contributed by atoms with E-state index < -0.39 is 12.6 Å². The molecule has 0 fully saturated rings. The van der Waals surface area contributed by atoms with Crippen LogP contribution in [0, 0.1) is 0 Å². The molecule has 3 N–H and O–H groups in total. The average Bonchev–Trinajstić information content (AvgIpc) is 2.57. The van der Waals surface area contributed by atoms with E-state index in [4.69, 9.17) is 4.74 Å². The maximum absolute atomic E-state index is 12.1. The van der Waals surface area contributed by atoms with Gasteiger partial charge in [0, 0.05) is 19.6 Å². The second-order valence-electron chi connectivity index (χ2n) is 5.11. The summed E-state index contributed by atoms with van der Waals surface area (Å²) in [5.41, 5.74) is 0.897. The van der Waals surface area contributed by atoms with Gasteiger partial charge in [0.1, 0.15) is 12.3 Å². The number of ether oxygens (including phenoxy) is 1. The maximum Gasteiger partial charge on any atom is 0.390 e. The molecule has 0 heterocycles. The number of alkyl halides is 3. The van der Waals surface area contributed by atoms with Crippen LogP contribution < -0.4 is 20.7 Å². The monoisotopic (exact) mass is 488 g/mol. The average molecular weight is 488 g/mol. The zero-order valence-electron chi connectivity index (χ0n) is 14.7. The van der Waals surface area contributed by atoms with Crippen LogP contribution in [-0.4, -0.2) is 44.8 Å². The van der Waals surface area contributed by atoms with Crippen molar-refractivity contribution in [3.63, 3.8) is 0 Å². The molecule has 1 rings (SSSR count). The summed E-state index contributed by atoms with van der Waals surface area (Å²) in [5, 5.41) is 8.02. The SMILES string of the molecule is CCNC(=NCC(=O)NCc1ccc(OC)cc1)NCCC(F)(F)F.I. The van der Waals surface area contributed by atoms with E-state index in [1.165, 1.54) is 0 Å². The first-order chi connectivity index (χ1) is 11.8. The second-order valence-corrected chi connectivity index (χ2v) is 5.11. The third-order valence-corrected chi connectivity index (χ3v) is 3.07. The number of nitrogens with one attached hydrogen (secondary N) is 3. The first-order valence-corrected chi connectivity index (χ1v) is 7.82. The Balaban J connectivity index is 0.00000625. The van der Waals surface area contributed by atoms with E-state index in [0.717, 1.165) is 11.3 Å². The number of hydrogen-bond donors (Lipinski definition) is 3. The van der Waals surface area contributed by atoms with Crippen molar-refractivity contribution in [1.82, 2.24) is 16.0 Å². The zero-order valence-corrected chi connectivity index (χ0v) is 17.0. The second kappa shape index (κ2) is 12.6. The quantitative estimate of drug-likeness (QED) is 0.299. The van der Waals surface area contributed by atoms with Gasteiger partial charge in [0.05, 0.1) is 13.5 Å². The minimum absolute atomic E-state index is 0. The molecule has 0 saturated carbocycles. The molecule has 0 bridgehead atoms. The van der Waals surface area contributed by atoms with Gasteiger partial charge in [0.15, 0.2) is 5.96 Å². The third-order valence-electron chi connectivity index (χ3n) is 3.07. The lowest BCUT2D eigenvalue weighted by Crippen LogP contribution is -2.39. The maximum atomic E-state index is 12.1. The van der Waals surface area contributed by atoms with Crippen LogP contribution >= 0.6 is 24.0 Å². The Morgan fingerprint density at radius 2 is 1.81 bits per heavy atom. The molecule has 148 valence electrons. The molecule has 1 aromatic rings. The van der Waals surface area contributed by atoms with Crippen molar-refractivity contribution in [3.8, 4) is 5.75 Å². The molecule has 0 aliphatic rings. The van der Waals surface area contributed by atoms with Crippen molar-refractivity contribution in [2.24, 2.45) is 4.99 Å². The Bertz CT molecular complexity index is 566. The molecule has 0 aliphatic heterocycles. The summed E-state index contributed by atoms with van der Waals surface area (Å²) in [6, 6.07) is 7.22. The summed E-state index contributed by atoms with van der Waals surface area (Å²) < 4.78 is 41.5. The highest BCUT2D eigenvalue weighted by Crippen LogP contribution is 2.18. The minimum atomic E-state index is -4.24. The zero-order chi connectivity index (χ0) is 18.7. The summed E-state index contributed by atoms with van der Waals surface area (Å²) in [6.45, 7) is 2.10. The van der Waals surface area contributed by atoms with Crippen LogP contribution in [0.1, 0.15) is 18.9 Å². The van der Waals surface area contributed by atoms with Crippen LogP contribution in [0.5, 0.6) is 5.75 Å². The van der Waals surface area contributed by atoms with Crippen molar-refractivity contribution in [1.29, 1.82) is 0 Å². The number of rotatable bonds is 8. The molecule has 0 aliphatic carbocycles. The highest BCUT2D eigenvalue weighted by atomic mass is 127. The van der Waals surface area contributed by atoms with Gasteiger partial charge in [-0.25, -0.2) is 4.99 Å². The molecule has 1 amide bonds. The fourth-order valence-electron chi connectivity index (χ4n) is 1.82. The fourth-order valence-corrected chi connectivity index (χ4v) is 1.82. The molecule has 26 heavy (non-hydrogen) atoms. The predicted molar refractivity (Wildman–Crippen MR) is 105 cm³/mol. The van der Waals surface area contributed by atoms with Gasteiger partial charge in [-0.15, -0.1) is 24.0 Å². The van der Waals surface area contributed by atoms with Gasteiger partial charge in [-0.1, -0.05) is 12.1 Å². The topological polar surface area (TPSA) is 74.8 Å². The first-order valence-electron chi connectivity index (χ1n) is 7.82. The normalized spacial score (nSPS) is 11.3. The number of nitrogens with zero attached hydrogens (tertiary/aromatic N) is 1. The summed E-state index contributed by atoms with van der Waals surface area (Å²) in [7, 11) is 1.57. The number of amides is 1. The Labute approximate surface area is 168 Å². The van der Waals surface area contributed by atoms with Crippen molar-refractivity contribution in [2.45, 2.75) is 26.1 Å². The van der Waals surface area contributed by atoms with E-state index in [2.05, 4.69) is 20.9 Å². The van der Waals surface area contributed by atoms with E-state index in [9.17, 15) is 18.0 Å². The van der Waals surface area contributed by atoms with Gasteiger partial charge in [0.25, 0.3) is 0 Å². The summed E-state index contributed by atoms with van der Waals surface area (Å²) in [5.74, 6) is 0.565. The van der Waals surface area contributed by atoms with Crippen LogP contribution in [0.25, 0.3) is 0 Å². The Kier molecular flexibility index (Phi) is 11.8. The number of guanidine groups is 1. The van der Waals surface area contributed by atoms with E-state index in [-0.39, 0.29) is 48.9 Å². The summed E-state index contributed by atoms with van der Waals surface area (Å²) >= 11 is 0. The number of aliphatic imine (C=N–C) groups is 1. The number of hydrogen-bond acceptors (Lipinski definition) is 3. The fraction of sp³-hybridized carbons (Fsp3) is 0.500. The smallest absolute Gasteiger partial charge is 0.390 e. The van der Waals surface area contributed by atoms with Crippen molar-refractivity contribution < 1.29 is 22.7 Å². The van der Waals surface area contributed by atoms with Crippen LogP contribution in [0.2, 0.25) is 0 Å². The van der Waals surface area contributed by atoms with Gasteiger partial charge >= 0.3 is 6.18 Å². The van der Waals surface area contributed by atoms with Gasteiger partial charge < -0.3 is 20.7 Å². The van der Waals surface area contributed by atoms with Gasteiger partial charge in [0.2, 0.25) is 5.91 Å². The third kappa shape index (κ3) is 11.0. The lowest BCUT2D eigenvalue weighted by molar-refractivity contribution is -0.132. The number of benzene rings is 1. The Morgan fingerprint density at radius 1 is 1.15 bits per heavy atom. The number of halogens is 4. The van der Waals surface area contributed by atoms with E-state index in [1.807, 2.05) is 12.1 Å². The molecular weight excluding hydrogens is 464 g/mol. The molecule has 0 saturated heterocycles. The molecule has 0 spiro atoms. The van der Waals surface area contributed by atoms with Crippen LogP contribution in [0.3, 0.4) is 0 Å². The van der Waals surface area contributed by atoms with Crippen LogP contribution in [0.4, 0.5) is 13.2 Å². The summed E-state index contributed by atoms with van der Waals surface area (Å²) in [4.78, 5) is 15.8. The predicted octanol–water partition coefficient (Wildman–Crippen LogP) is 2.44. The number of carbonyl (C=O) groups is 1. The highest BCUT2D eigenvalue weighted by Gasteiger charge is 2.26. The Morgan fingerprint density at radius 3 is 2.35 bits per heavy atom. The van der Waals surface area contributed by atoms with E-state index in [1.54, 1.807) is 26.2 Å². The van der Waals surface area contributed by atoms with E-state index in [0.29, 0.717) is 13.1 Å². The van der Waals surface area contributed by atoms with Crippen LogP contribution in [0.15, 0.2) is 29.3 Å².